The zero-order valence-corrected chi connectivity index (χ0v) is 13.5. The van der Waals surface area contributed by atoms with Crippen molar-refractivity contribution in [2.24, 2.45) is 0 Å². The number of carbonyl (C=O) groups excluding carboxylic acids is 1. The van der Waals surface area contributed by atoms with E-state index >= 15 is 0 Å². The van der Waals surface area contributed by atoms with Gasteiger partial charge < -0.3 is 15.2 Å². The van der Waals surface area contributed by atoms with E-state index in [2.05, 4.69) is 34.5 Å². The van der Waals surface area contributed by atoms with Gasteiger partial charge in [-0.1, -0.05) is 13.3 Å². The Morgan fingerprint density at radius 1 is 1.38 bits per heavy atom. The Bertz CT molecular complexity index is 453. The molecule has 0 bridgehead atoms. The van der Waals surface area contributed by atoms with Crippen molar-refractivity contribution in [1.29, 1.82) is 0 Å². The Kier molecular flexibility index (Phi) is 6.30. The zero-order chi connectivity index (χ0) is 15.1. The molecule has 0 spiro atoms. The molecule has 0 saturated carbocycles. The molecule has 1 aliphatic carbocycles. The Morgan fingerprint density at radius 2 is 2.24 bits per heavy atom. The first-order chi connectivity index (χ1) is 10.2. The summed E-state index contributed by atoms with van der Waals surface area (Å²) >= 11 is 0. The van der Waals surface area contributed by atoms with Gasteiger partial charge in [0.05, 0.1) is 0 Å². The number of carbonyl (C=O) groups is 1. The van der Waals surface area contributed by atoms with Crippen LogP contribution in [-0.2, 0) is 17.8 Å². The molecule has 2 rings (SSSR count). The lowest BCUT2D eigenvalue weighted by molar-refractivity contribution is -0.120. The average molecular weight is 291 g/mol. The van der Waals surface area contributed by atoms with E-state index in [1.807, 2.05) is 0 Å². The van der Waals surface area contributed by atoms with Crippen LogP contribution in [0, 0.1) is 0 Å². The summed E-state index contributed by atoms with van der Waals surface area (Å²) in [5.41, 5.74) is 2.99. The van der Waals surface area contributed by atoms with Crippen molar-refractivity contribution in [1.82, 2.24) is 15.2 Å². The predicted molar refractivity (Wildman–Crippen MR) is 86.3 cm³/mol. The van der Waals surface area contributed by atoms with Crippen LogP contribution in [0.25, 0.3) is 0 Å². The van der Waals surface area contributed by atoms with Crippen molar-refractivity contribution in [3.63, 3.8) is 0 Å². The molecule has 0 fully saturated rings. The van der Waals surface area contributed by atoms with Gasteiger partial charge in [0.25, 0.3) is 0 Å². The van der Waals surface area contributed by atoms with Gasteiger partial charge in [-0.2, -0.15) is 0 Å². The average Bonchev–Trinajstić information content (AvgIpc) is 2.80. The monoisotopic (exact) mass is 291 g/mol. The van der Waals surface area contributed by atoms with Crippen LogP contribution in [-0.4, -0.2) is 24.1 Å². The summed E-state index contributed by atoms with van der Waals surface area (Å²) in [5.74, 6) is 0.131. The van der Waals surface area contributed by atoms with Crippen molar-refractivity contribution in [3.05, 3.63) is 23.5 Å². The predicted octanol–water partition coefficient (Wildman–Crippen LogP) is 2.78. The maximum Gasteiger partial charge on any atom is 0.219 e. The van der Waals surface area contributed by atoms with E-state index < -0.39 is 0 Å². The molecule has 0 aromatic carbocycles. The van der Waals surface area contributed by atoms with Gasteiger partial charge in [-0.15, -0.1) is 0 Å². The second-order valence-corrected chi connectivity index (χ2v) is 6.01. The number of nitrogens with one attached hydrogen (secondary N) is 2. The third-order valence-corrected chi connectivity index (χ3v) is 4.30. The summed E-state index contributed by atoms with van der Waals surface area (Å²) in [6, 6.07) is 0.516. The van der Waals surface area contributed by atoms with E-state index in [-0.39, 0.29) is 5.91 Å². The fraction of sp³-hybridized carbons (Fsp3) is 0.706. The summed E-state index contributed by atoms with van der Waals surface area (Å²) in [7, 11) is 1.70. The van der Waals surface area contributed by atoms with Crippen LogP contribution < -0.4 is 10.6 Å². The lowest BCUT2D eigenvalue weighted by Gasteiger charge is -2.16. The van der Waals surface area contributed by atoms with Gasteiger partial charge in [-0.05, 0) is 49.8 Å². The van der Waals surface area contributed by atoms with Crippen LogP contribution in [0.1, 0.15) is 62.6 Å². The molecule has 2 N–H and O–H groups in total. The molecule has 21 heavy (non-hydrogen) atoms. The van der Waals surface area contributed by atoms with Crippen molar-refractivity contribution < 1.29 is 4.79 Å². The number of rotatable bonds is 7. The van der Waals surface area contributed by atoms with Crippen LogP contribution in [0.4, 0.5) is 0 Å². The zero-order valence-electron chi connectivity index (χ0n) is 13.5. The van der Waals surface area contributed by atoms with E-state index in [4.69, 9.17) is 0 Å². The van der Waals surface area contributed by atoms with E-state index in [0.717, 1.165) is 19.5 Å². The van der Waals surface area contributed by atoms with E-state index in [9.17, 15) is 4.79 Å². The topological polar surface area (TPSA) is 46.1 Å². The van der Waals surface area contributed by atoms with Gasteiger partial charge in [0.1, 0.15) is 0 Å². The number of amides is 1. The van der Waals surface area contributed by atoms with E-state index in [1.165, 1.54) is 43.2 Å². The first kappa shape index (κ1) is 16.1. The first-order valence-electron chi connectivity index (χ1n) is 8.37. The fourth-order valence-electron chi connectivity index (χ4n) is 3.12. The largest absolute Gasteiger partial charge is 0.359 e. The molecule has 1 aromatic heterocycles. The normalized spacial score (nSPS) is 18.1. The van der Waals surface area contributed by atoms with Crippen molar-refractivity contribution in [2.45, 2.75) is 64.5 Å². The molecular formula is C17H29N3O. The Morgan fingerprint density at radius 3 is 3.00 bits per heavy atom. The molecule has 1 aromatic rings. The minimum Gasteiger partial charge on any atom is -0.359 e. The van der Waals surface area contributed by atoms with Crippen LogP contribution in [0.3, 0.4) is 0 Å². The summed E-state index contributed by atoms with van der Waals surface area (Å²) in [5, 5.41) is 6.37. The minimum atomic E-state index is 0.131. The van der Waals surface area contributed by atoms with Crippen molar-refractivity contribution >= 4 is 5.91 Å². The van der Waals surface area contributed by atoms with Gasteiger partial charge in [-0.25, -0.2) is 0 Å². The Hall–Kier alpha value is -1.29. The number of hydrogen-bond donors (Lipinski definition) is 2. The number of fused-ring (bicyclic) bond motifs is 1. The lowest BCUT2D eigenvalue weighted by atomic mass is 10.0. The maximum atomic E-state index is 11.3. The molecule has 1 aliphatic rings. The van der Waals surface area contributed by atoms with Gasteiger partial charge in [0.2, 0.25) is 5.91 Å². The highest BCUT2D eigenvalue weighted by molar-refractivity contribution is 5.75. The standard InChI is InChI=1S/C17H29N3O/c1-3-10-19-16-8-5-4-7-14-12-20(13-15(14)16)11-6-9-17(21)18-2/h12-13,16,19H,3-11H2,1-2H3,(H,18,21). The summed E-state index contributed by atoms with van der Waals surface area (Å²) in [6.45, 7) is 4.24. The minimum absolute atomic E-state index is 0.131. The van der Waals surface area contributed by atoms with E-state index in [1.54, 1.807) is 7.05 Å². The number of aromatic nitrogens is 1. The fourth-order valence-corrected chi connectivity index (χ4v) is 3.12. The van der Waals surface area contributed by atoms with E-state index in [0.29, 0.717) is 12.5 Å². The van der Waals surface area contributed by atoms with Crippen LogP contribution >= 0.6 is 0 Å². The van der Waals surface area contributed by atoms with Crippen LogP contribution in [0.5, 0.6) is 0 Å². The van der Waals surface area contributed by atoms with Crippen molar-refractivity contribution in [2.75, 3.05) is 13.6 Å². The molecule has 1 amide bonds. The smallest absolute Gasteiger partial charge is 0.219 e. The highest BCUT2D eigenvalue weighted by Gasteiger charge is 2.19. The third-order valence-electron chi connectivity index (χ3n) is 4.30. The summed E-state index contributed by atoms with van der Waals surface area (Å²) in [6.07, 6.45) is 12.3. The van der Waals surface area contributed by atoms with Gasteiger partial charge in [0, 0.05) is 38.4 Å². The summed E-state index contributed by atoms with van der Waals surface area (Å²) < 4.78 is 2.28. The molecular weight excluding hydrogens is 262 g/mol. The first-order valence-corrected chi connectivity index (χ1v) is 8.37. The van der Waals surface area contributed by atoms with Crippen LogP contribution in [0.2, 0.25) is 0 Å². The lowest BCUT2D eigenvalue weighted by Crippen LogP contribution is -2.21. The molecule has 1 heterocycles. The van der Waals surface area contributed by atoms with Gasteiger partial charge in [0.15, 0.2) is 0 Å². The quantitative estimate of drug-likeness (QED) is 0.759. The second-order valence-electron chi connectivity index (χ2n) is 6.01. The second kappa shape index (κ2) is 8.23. The molecule has 1 atom stereocenters. The maximum absolute atomic E-state index is 11.3. The molecule has 4 heteroatoms. The highest BCUT2D eigenvalue weighted by atomic mass is 16.1. The van der Waals surface area contributed by atoms with Crippen LogP contribution in [0.15, 0.2) is 12.4 Å². The Labute approximate surface area is 128 Å². The molecule has 4 nitrogen and oxygen atoms in total. The Balaban J connectivity index is 1.98. The molecule has 0 saturated heterocycles. The molecule has 0 radical (unpaired) electrons. The molecule has 1 unspecified atom stereocenters. The van der Waals surface area contributed by atoms with Gasteiger partial charge >= 0.3 is 0 Å². The molecule has 118 valence electrons. The number of aryl methyl sites for hydroxylation is 2. The molecule has 0 aliphatic heterocycles. The SMILES string of the molecule is CCCNC1CCCCc2cn(CCCC(=O)NC)cc21. The van der Waals surface area contributed by atoms with Crippen molar-refractivity contribution in [3.8, 4) is 0 Å². The third kappa shape index (κ3) is 4.60. The number of hydrogen-bond acceptors (Lipinski definition) is 2. The highest BCUT2D eigenvalue weighted by Crippen LogP contribution is 2.29. The van der Waals surface area contributed by atoms with Gasteiger partial charge in [-0.3, -0.25) is 4.79 Å². The summed E-state index contributed by atoms with van der Waals surface area (Å²) in [4.78, 5) is 11.3. The number of nitrogens with zero attached hydrogens (tertiary/aromatic N) is 1.